The lowest BCUT2D eigenvalue weighted by Crippen LogP contribution is -2.33. The van der Waals surface area contributed by atoms with Crippen LogP contribution in [-0.2, 0) is 13.0 Å². The topological polar surface area (TPSA) is 3.88 Å². The number of aryl methyl sites for hydroxylation is 2. The summed E-state index contributed by atoms with van der Waals surface area (Å²) in [6, 6.07) is 4.47. The number of rotatable bonds is 10. The van der Waals surface area contributed by atoms with Gasteiger partial charge >= 0.3 is 0 Å². The van der Waals surface area contributed by atoms with Crippen molar-refractivity contribution in [3.05, 3.63) is 30.1 Å². The quantitative estimate of drug-likeness (QED) is 0.418. The number of hydrogen-bond donors (Lipinski definition) is 0. The molecule has 18 heavy (non-hydrogen) atoms. The van der Waals surface area contributed by atoms with Crippen LogP contribution in [0.4, 0.5) is 0 Å². The Morgan fingerprint density at radius 2 is 1.61 bits per heavy atom. The average molecular weight is 248 g/mol. The summed E-state index contributed by atoms with van der Waals surface area (Å²) >= 11 is 0. The second-order valence-corrected chi connectivity index (χ2v) is 5.32. The molecule has 0 saturated carbocycles. The van der Waals surface area contributed by atoms with E-state index in [1.807, 2.05) is 0 Å². The van der Waals surface area contributed by atoms with Gasteiger partial charge in [0.05, 0.1) is 0 Å². The molecule has 1 aromatic rings. The molecular weight excluding hydrogens is 218 g/mol. The van der Waals surface area contributed by atoms with Gasteiger partial charge in [0.25, 0.3) is 0 Å². The SMILES string of the molecule is CCCCCCCCc1ccc[n+](CCCC)c1. The van der Waals surface area contributed by atoms with Gasteiger partial charge in [-0.15, -0.1) is 0 Å². The van der Waals surface area contributed by atoms with Gasteiger partial charge in [-0.3, -0.25) is 0 Å². The van der Waals surface area contributed by atoms with E-state index in [2.05, 4.69) is 42.9 Å². The third-order valence-electron chi connectivity index (χ3n) is 3.51. The highest BCUT2D eigenvalue weighted by molar-refractivity contribution is 5.05. The number of nitrogens with zero attached hydrogens (tertiary/aromatic N) is 1. The van der Waals surface area contributed by atoms with Crippen molar-refractivity contribution in [2.24, 2.45) is 0 Å². The number of unbranched alkanes of at least 4 members (excludes halogenated alkanes) is 6. The van der Waals surface area contributed by atoms with Crippen molar-refractivity contribution in [1.82, 2.24) is 0 Å². The molecule has 0 N–H and O–H groups in total. The summed E-state index contributed by atoms with van der Waals surface area (Å²) in [4.78, 5) is 0. The van der Waals surface area contributed by atoms with E-state index < -0.39 is 0 Å². The third kappa shape index (κ3) is 6.78. The van der Waals surface area contributed by atoms with Crippen LogP contribution in [0.2, 0.25) is 0 Å². The van der Waals surface area contributed by atoms with Gasteiger partial charge in [0.2, 0.25) is 0 Å². The lowest BCUT2D eigenvalue weighted by molar-refractivity contribution is -0.697. The molecule has 1 nitrogen and oxygen atoms in total. The second-order valence-electron chi connectivity index (χ2n) is 5.32. The normalized spacial score (nSPS) is 10.8. The summed E-state index contributed by atoms with van der Waals surface area (Å²) in [6.45, 7) is 5.70. The minimum Gasteiger partial charge on any atom is -0.205 e. The molecule has 0 aliphatic rings. The van der Waals surface area contributed by atoms with Crippen molar-refractivity contribution in [3.63, 3.8) is 0 Å². The Labute approximate surface area is 113 Å². The molecule has 1 heterocycles. The van der Waals surface area contributed by atoms with Gasteiger partial charge in [-0.2, -0.15) is 0 Å². The van der Waals surface area contributed by atoms with Crippen molar-refractivity contribution >= 4 is 0 Å². The first-order chi connectivity index (χ1) is 8.86. The van der Waals surface area contributed by atoms with Gasteiger partial charge in [-0.25, -0.2) is 4.57 Å². The zero-order valence-corrected chi connectivity index (χ0v) is 12.3. The van der Waals surface area contributed by atoms with E-state index in [0.717, 1.165) is 0 Å². The summed E-state index contributed by atoms with van der Waals surface area (Å²) in [5, 5.41) is 0. The third-order valence-corrected chi connectivity index (χ3v) is 3.51. The molecule has 0 aliphatic heterocycles. The highest BCUT2D eigenvalue weighted by Crippen LogP contribution is 2.08. The molecule has 1 heteroatoms. The summed E-state index contributed by atoms with van der Waals surface area (Å²) in [6.07, 6.45) is 16.7. The fraction of sp³-hybridized carbons (Fsp3) is 0.706. The molecule has 0 radical (unpaired) electrons. The Balaban J connectivity index is 2.20. The van der Waals surface area contributed by atoms with Crippen molar-refractivity contribution in [3.8, 4) is 0 Å². The van der Waals surface area contributed by atoms with Crippen LogP contribution in [-0.4, -0.2) is 0 Å². The monoisotopic (exact) mass is 248 g/mol. The Morgan fingerprint density at radius 1 is 0.889 bits per heavy atom. The smallest absolute Gasteiger partial charge is 0.171 e. The highest BCUT2D eigenvalue weighted by atomic mass is 14.9. The van der Waals surface area contributed by atoms with Crippen LogP contribution in [0.3, 0.4) is 0 Å². The van der Waals surface area contributed by atoms with Gasteiger partial charge in [0, 0.05) is 18.1 Å². The molecular formula is C17H30N+. The van der Waals surface area contributed by atoms with Crippen molar-refractivity contribution < 1.29 is 4.57 Å². The molecule has 0 fully saturated rings. The van der Waals surface area contributed by atoms with Gasteiger partial charge < -0.3 is 0 Å². The van der Waals surface area contributed by atoms with Crippen LogP contribution >= 0.6 is 0 Å². The van der Waals surface area contributed by atoms with Gasteiger partial charge in [0.1, 0.15) is 6.54 Å². The first kappa shape index (κ1) is 15.2. The first-order valence-corrected chi connectivity index (χ1v) is 7.84. The maximum absolute atomic E-state index is 2.34. The predicted octanol–water partition coefficient (Wildman–Crippen LogP) is 4.68. The molecule has 0 atom stereocenters. The van der Waals surface area contributed by atoms with Crippen LogP contribution in [0.15, 0.2) is 24.5 Å². The summed E-state index contributed by atoms with van der Waals surface area (Å²) in [5.74, 6) is 0. The van der Waals surface area contributed by atoms with Crippen molar-refractivity contribution in [2.45, 2.75) is 78.2 Å². The van der Waals surface area contributed by atoms with Gasteiger partial charge in [0.15, 0.2) is 12.4 Å². The molecule has 0 amide bonds. The number of aromatic nitrogens is 1. The maximum Gasteiger partial charge on any atom is 0.171 e. The predicted molar refractivity (Wildman–Crippen MR) is 78.6 cm³/mol. The minimum absolute atomic E-state index is 1.17. The van der Waals surface area contributed by atoms with E-state index in [1.165, 1.54) is 69.9 Å². The van der Waals surface area contributed by atoms with Crippen LogP contribution in [0.1, 0.15) is 70.8 Å². The Hall–Kier alpha value is -0.850. The standard InChI is InChI=1S/C17H30N/c1-3-5-7-8-9-10-12-17-13-11-15-18(16-17)14-6-4-2/h11,13,15-16H,3-10,12,14H2,1-2H3/q+1. The Morgan fingerprint density at radius 3 is 2.39 bits per heavy atom. The molecule has 1 aromatic heterocycles. The van der Waals surface area contributed by atoms with Gasteiger partial charge in [-0.1, -0.05) is 52.4 Å². The summed E-state index contributed by atoms with van der Waals surface area (Å²) < 4.78 is 2.34. The Kier molecular flexibility index (Phi) is 8.54. The first-order valence-electron chi connectivity index (χ1n) is 7.84. The largest absolute Gasteiger partial charge is 0.205 e. The molecule has 0 unspecified atom stereocenters. The van der Waals surface area contributed by atoms with Crippen LogP contribution < -0.4 is 4.57 Å². The lowest BCUT2D eigenvalue weighted by Gasteiger charge is -2.02. The van der Waals surface area contributed by atoms with Gasteiger partial charge in [-0.05, 0) is 18.9 Å². The van der Waals surface area contributed by atoms with Crippen LogP contribution in [0, 0.1) is 0 Å². The average Bonchev–Trinajstić information content (AvgIpc) is 2.41. The Bertz CT molecular complexity index is 306. The van der Waals surface area contributed by atoms with E-state index >= 15 is 0 Å². The fourth-order valence-electron chi connectivity index (χ4n) is 2.31. The molecule has 0 saturated heterocycles. The molecule has 0 spiro atoms. The summed E-state index contributed by atoms with van der Waals surface area (Å²) in [7, 11) is 0. The van der Waals surface area contributed by atoms with Crippen molar-refractivity contribution in [1.29, 1.82) is 0 Å². The maximum atomic E-state index is 2.34. The number of hydrogen-bond acceptors (Lipinski definition) is 0. The number of pyridine rings is 1. The molecule has 0 aromatic carbocycles. The van der Waals surface area contributed by atoms with E-state index in [4.69, 9.17) is 0 Å². The molecule has 0 bridgehead atoms. The van der Waals surface area contributed by atoms with E-state index in [9.17, 15) is 0 Å². The van der Waals surface area contributed by atoms with Crippen LogP contribution in [0.5, 0.6) is 0 Å². The van der Waals surface area contributed by atoms with Crippen LogP contribution in [0.25, 0.3) is 0 Å². The zero-order chi connectivity index (χ0) is 13.1. The van der Waals surface area contributed by atoms with Crippen molar-refractivity contribution in [2.75, 3.05) is 0 Å². The molecule has 102 valence electrons. The molecule has 1 rings (SSSR count). The minimum atomic E-state index is 1.17. The summed E-state index contributed by atoms with van der Waals surface area (Å²) in [5.41, 5.74) is 1.50. The lowest BCUT2D eigenvalue weighted by atomic mass is 10.1. The zero-order valence-electron chi connectivity index (χ0n) is 12.3. The van der Waals surface area contributed by atoms with E-state index in [0.29, 0.717) is 0 Å². The highest BCUT2D eigenvalue weighted by Gasteiger charge is 2.02. The van der Waals surface area contributed by atoms with E-state index in [-0.39, 0.29) is 0 Å². The molecule has 0 aliphatic carbocycles. The second kappa shape index (κ2) is 10.1. The van der Waals surface area contributed by atoms with E-state index in [1.54, 1.807) is 0 Å². The fourth-order valence-corrected chi connectivity index (χ4v) is 2.31.